The summed E-state index contributed by atoms with van der Waals surface area (Å²) in [7, 11) is 1.83. The summed E-state index contributed by atoms with van der Waals surface area (Å²) in [5.41, 5.74) is 1.32. The van der Waals surface area contributed by atoms with Gasteiger partial charge in [0.15, 0.2) is 5.96 Å². The zero-order valence-electron chi connectivity index (χ0n) is 16.6. The lowest BCUT2D eigenvalue weighted by molar-refractivity contribution is -0.0835. The van der Waals surface area contributed by atoms with Crippen molar-refractivity contribution in [3.05, 3.63) is 15.6 Å². The van der Waals surface area contributed by atoms with Crippen LogP contribution in [0.2, 0.25) is 0 Å². The first-order valence-corrected chi connectivity index (χ1v) is 10.1. The van der Waals surface area contributed by atoms with Gasteiger partial charge in [0, 0.05) is 44.0 Å². The number of nitrogens with one attached hydrogen (secondary N) is 2. The number of aromatic nitrogens is 1. The van der Waals surface area contributed by atoms with Gasteiger partial charge >= 0.3 is 0 Å². The molecule has 0 spiro atoms. The van der Waals surface area contributed by atoms with Crippen molar-refractivity contribution in [3.8, 4) is 0 Å². The van der Waals surface area contributed by atoms with Crippen molar-refractivity contribution in [1.29, 1.82) is 0 Å². The Balaban J connectivity index is 1.79. The Bertz CT molecular complexity index is 557. The molecule has 1 saturated heterocycles. The minimum Gasteiger partial charge on any atom is -0.377 e. The van der Waals surface area contributed by atoms with E-state index in [4.69, 9.17) is 4.74 Å². The van der Waals surface area contributed by atoms with Crippen molar-refractivity contribution in [2.75, 3.05) is 26.7 Å². The molecular formula is C19H34N4OS. The van der Waals surface area contributed by atoms with Crippen molar-refractivity contribution < 1.29 is 4.74 Å². The largest absolute Gasteiger partial charge is 0.377 e. The first-order chi connectivity index (χ1) is 11.8. The van der Waals surface area contributed by atoms with E-state index in [1.54, 1.807) is 11.3 Å². The summed E-state index contributed by atoms with van der Waals surface area (Å²) in [5.74, 6) is 1.39. The minimum absolute atomic E-state index is 0.171. The average molecular weight is 367 g/mol. The maximum atomic E-state index is 6.07. The lowest BCUT2D eigenvalue weighted by Crippen LogP contribution is -2.47. The van der Waals surface area contributed by atoms with E-state index in [0.717, 1.165) is 44.2 Å². The SMILES string of the molecule is CN=C(NCCc1nc(C)c(C)s1)NCC1CCCOC1C(C)(C)C. The summed E-state index contributed by atoms with van der Waals surface area (Å²) in [6.07, 6.45) is 3.59. The molecule has 1 aliphatic heterocycles. The van der Waals surface area contributed by atoms with Gasteiger partial charge in [-0.2, -0.15) is 0 Å². The van der Waals surface area contributed by atoms with Crippen LogP contribution in [0.3, 0.4) is 0 Å². The van der Waals surface area contributed by atoms with Crippen LogP contribution in [0.5, 0.6) is 0 Å². The summed E-state index contributed by atoms with van der Waals surface area (Å²) < 4.78 is 6.07. The number of rotatable bonds is 5. The van der Waals surface area contributed by atoms with Crippen molar-refractivity contribution in [1.82, 2.24) is 15.6 Å². The predicted molar refractivity (Wildman–Crippen MR) is 107 cm³/mol. The molecule has 142 valence electrons. The van der Waals surface area contributed by atoms with E-state index in [1.807, 2.05) is 7.05 Å². The predicted octanol–water partition coefficient (Wildman–Crippen LogP) is 3.31. The maximum absolute atomic E-state index is 6.07. The smallest absolute Gasteiger partial charge is 0.191 e. The van der Waals surface area contributed by atoms with E-state index in [-0.39, 0.29) is 5.41 Å². The lowest BCUT2D eigenvalue weighted by Gasteiger charge is -2.40. The highest BCUT2D eigenvalue weighted by Gasteiger charge is 2.35. The third-order valence-corrected chi connectivity index (χ3v) is 5.89. The molecule has 2 N–H and O–H groups in total. The van der Waals surface area contributed by atoms with Crippen LogP contribution in [0.1, 0.15) is 49.2 Å². The second-order valence-electron chi connectivity index (χ2n) is 7.94. The molecule has 5 nitrogen and oxygen atoms in total. The molecule has 0 aromatic carbocycles. The Hall–Kier alpha value is -1.14. The molecule has 0 bridgehead atoms. The fourth-order valence-electron chi connectivity index (χ4n) is 3.39. The Morgan fingerprint density at radius 3 is 2.68 bits per heavy atom. The van der Waals surface area contributed by atoms with Crippen LogP contribution >= 0.6 is 11.3 Å². The zero-order chi connectivity index (χ0) is 18.4. The number of thiazole rings is 1. The molecule has 1 aliphatic rings. The minimum atomic E-state index is 0.171. The van der Waals surface area contributed by atoms with Crippen LogP contribution in [-0.4, -0.2) is 43.8 Å². The molecule has 1 aromatic rings. The number of hydrogen-bond donors (Lipinski definition) is 2. The molecule has 2 rings (SSSR count). The highest BCUT2D eigenvalue weighted by atomic mass is 32.1. The van der Waals surface area contributed by atoms with Gasteiger partial charge in [0.25, 0.3) is 0 Å². The molecule has 0 amide bonds. The van der Waals surface area contributed by atoms with Gasteiger partial charge in [0.05, 0.1) is 16.8 Å². The van der Waals surface area contributed by atoms with E-state index in [1.165, 1.54) is 16.3 Å². The first-order valence-electron chi connectivity index (χ1n) is 9.30. The molecule has 2 heterocycles. The summed E-state index contributed by atoms with van der Waals surface area (Å²) in [6, 6.07) is 0. The molecule has 2 atom stereocenters. The van der Waals surface area contributed by atoms with Crippen LogP contribution in [0.4, 0.5) is 0 Å². The third kappa shape index (κ3) is 5.96. The van der Waals surface area contributed by atoms with E-state index in [0.29, 0.717) is 12.0 Å². The third-order valence-electron chi connectivity index (χ3n) is 4.76. The van der Waals surface area contributed by atoms with Gasteiger partial charge in [-0.15, -0.1) is 11.3 Å². The summed E-state index contributed by atoms with van der Waals surface area (Å²) in [6.45, 7) is 13.6. The first kappa shape index (κ1) is 20.2. The van der Waals surface area contributed by atoms with Crippen LogP contribution in [0.15, 0.2) is 4.99 Å². The van der Waals surface area contributed by atoms with E-state index < -0.39 is 0 Å². The fraction of sp³-hybridized carbons (Fsp3) is 0.789. The topological polar surface area (TPSA) is 58.5 Å². The van der Waals surface area contributed by atoms with E-state index in [9.17, 15) is 0 Å². The van der Waals surface area contributed by atoms with Crippen LogP contribution in [0.25, 0.3) is 0 Å². The second kappa shape index (κ2) is 8.99. The number of ether oxygens (including phenoxy) is 1. The van der Waals surface area contributed by atoms with E-state index >= 15 is 0 Å². The molecule has 0 saturated carbocycles. The molecule has 0 aliphatic carbocycles. The molecule has 1 aromatic heterocycles. The highest BCUT2D eigenvalue weighted by molar-refractivity contribution is 7.11. The van der Waals surface area contributed by atoms with Gasteiger partial charge in [-0.1, -0.05) is 20.8 Å². The zero-order valence-corrected chi connectivity index (χ0v) is 17.4. The number of aliphatic imine (C=N–C) groups is 1. The van der Waals surface area contributed by atoms with Gasteiger partial charge in [-0.25, -0.2) is 4.98 Å². The van der Waals surface area contributed by atoms with Crippen LogP contribution in [-0.2, 0) is 11.2 Å². The Labute approximate surface area is 156 Å². The van der Waals surface area contributed by atoms with Gasteiger partial charge in [-0.05, 0) is 32.1 Å². The molecule has 25 heavy (non-hydrogen) atoms. The molecule has 1 fully saturated rings. The number of hydrogen-bond acceptors (Lipinski definition) is 4. The molecular weight excluding hydrogens is 332 g/mol. The number of nitrogens with zero attached hydrogens (tertiary/aromatic N) is 2. The average Bonchev–Trinajstić information content (AvgIpc) is 2.88. The maximum Gasteiger partial charge on any atom is 0.191 e. The lowest BCUT2D eigenvalue weighted by atomic mass is 9.78. The standard InChI is InChI=1S/C19H34N4OS/c1-13-14(2)25-16(23-13)9-10-21-18(20-6)22-12-15-8-7-11-24-17(15)19(3,4)5/h15,17H,7-12H2,1-6H3,(H2,20,21,22). The molecule has 6 heteroatoms. The molecule has 2 unspecified atom stereocenters. The summed E-state index contributed by atoms with van der Waals surface area (Å²) >= 11 is 1.78. The summed E-state index contributed by atoms with van der Waals surface area (Å²) in [5, 5.41) is 8.08. The van der Waals surface area contributed by atoms with Gasteiger partial charge in [0.1, 0.15) is 0 Å². The Kier molecular flexibility index (Phi) is 7.25. The monoisotopic (exact) mass is 366 g/mol. The van der Waals surface area contributed by atoms with Gasteiger partial charge < -0.3 is 15.4 Å². The fourth-order valence-corrected chi connectivity index (χ4v) is 4.33. The van der Waals surface area contributed by atoms with Crippen LogP contribution < -0.4 is 10.6 Å². The van der Waals surface area contributed by atoms with Crippen molar-refractivity contribution in [2.24, 2.45) is 16.3 Å². The van der Waals surface area contributed by atoms with Crippen molar-refractivity contribution in [2.45, 2.75) is 60.0 Å². The second-order valence-corrected chi connectivity index (χ2v) is 9.23. The van der Waals surface area contributed by atoms with Gasteiger partial charge in [-0.3, -0.25) is 4.99 Å². The number of aryl methyl sites for hydroxylation is 2. The quantitative estimate of drug-likeness (QED) is 0.620. The normalized spacial score (nSPS) is 22.1. The molecule has 0 radical (unpaired) electrons. The number of guanidine groups is 1. The Morgan fingerprint density at radius 2 is 2.08 bits per heavy atom. The van der Waals surface area contributed by atoms with Gasteiger partial charge in [0.2, 0.25) is 0 Å². The Morgan fingerprint density at radius 1 is 1.32 bits per heavy atom. The summed E-state index contributed by atoms with van der Waals surface area (Å²) in [4.78, 5) is 10.2. The van der Waals surface area contributed by atoms with Crippen LogP contribution in [0, 0.1) is 25.2 Å². The highest BCUT2D eigenvalue weighted by Crippen LogP contribution is 2.33. The van der Waals surface area contributed by atoms with E-state index in [2.05, 4.69) is 55.2 Å². The van der Waals surface area contributed by atoms with Crippen molar-refractivity contribution in [3.63, 3.8) is 0 Å². The van der Waals surface area contributed by atoms with Crippen molar-refractivity contribution >= 4 is 17.3 Å².